The highest BCUT2D eigenvalue weighted by molar-refractivity contribution is 5.79. The average molecular weight is 406 g/mol. The fraction of sp³-hybridized carbons (Fsp3) is 0.400. The van der Waals surface area contributed by atoms with E-state index in [4.69, 9.17) is 0 Å². The molecule has 0 spiro atoms. The van der Waals surface area contributed by atoms with E-state index in [0.29, 0.717) is 25.1 Å². The average Bonchev–Trinajstić information content (AvgIpc) is 3.16. The van der Waals surface area contributed by atoms with Crippen molar-refractivity contribution in [2.75, 3.05) is 6.54 Å². The van der Waals surface area contributed by atoms with Gasteiger partial charge in [-0.2, -0.15) is 13.2 Å². The number of carbonyl (C=O) groups is 2. The molecule has 1 atom stereocenters. The molecule has 29 heavy (non-hydrogen) atoms. The number of rotatable bonds is 5. The molecular formula is C20H21F3N4O2. The lowest BCUT2D eigenvalue weighted by Crippen LogP contribution is -2.32. The number of pyridine rings is 2. The molecule has 2 aromatic heterocycles. The van der Waals surface area contributed by atoms with Crippen LogP contribution in [0, 0.1) is 0 Å². The first kappa shape index (κ1) is 20.8. The van der Waals surface area contributed by atoms with Crippen molar-refractivity contribution >= 4 is 11.8 Å². The Morgan fingerprint density at radius 3 is 2.72 bits per heavy atom. The summed E-state index contributed by atoms with van der Waals surface area (Å²) in [7, 11) is 0. The van der Waals surface area contributed by atoms with Crippen LogP contribution in [0.2, 0.25) is 0 Å². The molecule has 0 saturated carbocycles. The molecule has 9 heteroatoms. The molecule has 1 aliphatic rings. The summed E-state index contributed by atoms with van der Waals surface area (Å²) in [5.41, 5.74) is -0.144. The highest BCUT2D eigenvalue weighted by Crippen LogP contribution is 2.37. The fourth-order valence-corrected chi connectivity index (χ4v) is 3.44. The van der Waals surface area contributed by atoms with Crippen molar-refractivity contribution in [1.82, 2.24) is 20.2 Å². The van der Waals surface area contributed by atoms with Gasteiger partial charge in [-0.15, -0.1) is 0 Å². The minimum absolute atomic E-state index is 0.0874. The second-order valence-electron chi connectivity index (χ2n) is 6.92. The zero-order chi connectivity index (χ0) is 21.0. The number of nitrogens with one attached hydrogen (secondary N) is 1. The Morgan fingerprint density at radius 1 is 1.28 bits per heavy atom. The summed E-state index contributed by atoms with van der Waals surface area (Å²) in [5.74, 6) is -0.617. The second kappa shape index (κ2) is 8.59. The molecule has 3 rings (SSSR count). The molecule has 0 bridgehead atoms. The lowest BCUT2D eigenvalue weighted by molar-refractivity contribution is -0.138. The Balaban J connectivity index is 1.84. The number of nitrogens with zero attached hydrogens (tertiary/aromatic N) is 3. The Morgan fingerprint density at radius 2 is 2.07 bits per heavy atom. The van der Waals surface area contributed by atoms with E-state index in [2.05, 4.69) is 15.3 Å². The molecule has 1 fully saturated rings. The largest absolute Gasteiger partial charge is 0.416 e. The minimum atomic E-state index is -4.59. The maximum absolute atomic E-state index is 13.6. The SMILES string of the molecule is CC(=O)NCc1cnc(C2CCCN2C(=O)Cc2ccccn2)cc1C(F)(F)F. The molecule has 154 valence electrons. The zero-order valence-corrected chi connectivity index (χ0v) is 15.9. The van der Waals surface area contributed by atoms with Crippen LogP contribution in [-0.2, 0) is 28.7 Å². The monoisotopic (exact) mass is 406 g/mol. The fourth-order valence-electron chi connectivity index (χ4n) is 3.44. The van der Waals surface area contributed by atoms with Gasteiger partial charge in [0, 0.05) is 43.7 Å². The van der Waals surface area contributed by atoms with Crippen LogP contribution in [0.5, 0.6) is 0 Å². The summed E-state index contributed by atoms with van der Waals surface area (Å²) in [6.07, 6.45) is -0.543. The minimum Gasteiger partial charge on any atom is -0.352 e. The number of hydrogen-bond donors (Lipinski definition) is 1. The van der Waals surface area contributed by atoms with Crippen molar-refractivity contribution in [3.8, 4) is 0 Å². The summed E-state index contributed by atoms with van der Waals surface area (Å²) >= 11 is 0. The van der Waals surface area contributed by atoms with E-state index in [9.17, 15) is 22.8 Å². The summed E-state index contributed by atoms with van der Waals surface area (Å²) in [6, 6.07) is 5.75. The van der Waals surface area contributed by atoms with E-state index >= 15 is 0 Å². The molecule has 0 radical (unpaired) electrons. The van der Waals surface area contributed by atoms with E-state index < -0.39 is 23.7 Å². The van der Waals surface area contributed by atoms with Gasteiger partial charge < -0.3 is 10.2 Å². The molecule has 3 heterocycles. The van der Waals surface area contributed by atoms with Crippen LogP contribution in [0.4, 0.5) is 13.2 Å². The van der Waals surface area contributed by atoms with E-state index in [1.54, 1.807) is 29.3 Å². The van der Waals surface area contributed by atoms with Crippen LogP contribution in [0.1, 0.15) is 48.3 Å². The number of aromatic nitrogens is 2. The van der Waals surface area contributed by atoms with Crippen molar-refractivity contribution < 1.29 is 22.8 Å². The van der Waals surface area contributed by atoms with E-state index in [1.165, 1.54) is 6.92 Å². The van der Waals surface area contributed by atoms with Gasteiger partial charge in [-0.1, -0.05) is 6.07 Å². The van der Waals surface area contributed by atoms with Crippen LogP contribution < -0.4 is 5.32 Å². The first-order valence-electron chi connectivity index (χ1n) is 9.25. The molecule has 1 aliphatic heterocycles. The second-order valence-corrected chi connectivity index (χ2v) is 6.92. The number of halogens is 3. The Hall–Kier alpha value is -2.97. The van der Waals surface area contributed by atoms with Crippen LogP contribution >= 0.6 is 0 Å². The molecular weight excluding hydrogens is 385 g/mol. The van der Waals surface area contributed by atoms with Gasteiger partial charge in [0.2, 0.25) is 11.8 Å². The maximum atomic E-state index is 13.6. The van der Waals surface area contributed by atoms with Crippen molar-refractivity contribution in [2.45, 2.75) is 44.9 Å². The number of amides is 2. The van der Waals surface area contributed by atoms with Crippen molar-refractivity contribution in [3.63, 3.8) is 0 Å². The number of alkyl halides is 3. The highest BCUT2D eigenvalue weighted by atomic mass is 19.4. The lowest BCUT2D eigenvalue weighted by Gasteiger charge is -2.25. The Labute approximate surface area is 166 Å². The molecule has 0 aromatic carbocycles. The maximum Gasteiger partial charge on any atom is 0.416 e. The lowest BCUT2D eigenvalue weighted by atomic mass is 10.0. The topological polar surface area (TPSA) is 75.2 Å². The number of carbonyl (C=O) groups excluding carboxylic acids is 2. The quantitative estimate of drug-likeness (QED) is 0.828. The van der Waals surface area contributed by atoms with Crippen molar-refractivity contribution in [2.24, 2.45) is 0 Å². The summed E-state index contributed by atoms with van der Waals surface area (Å²) in [4.78, 5) is 33.7. The van der Waals surface area contributed by atoms with Gasteiger partial charge in [0.15, 0.2) is 0 Å². The van der Waals surface area contributed by atoms with E-state index in [-0.39, 0.29) is 30.1 Å². The van der Waals surface area contributed by atoms with Gasteiger partial charge in [0.25, 0.3) is 0 Å². The third-order valence-electron chi connectivity index (χ3n) is 4.81. The predicted octanol–water partition coefficient (Wildman–Crippen LogP) is 3.04. The molecule has 6 nitrogen and oxygen atoms in total. The summed E-state index contributed by atoms with van der Waals surface area (Å²) < 4.78 is 40.7. The highest BCUT2D eigenvalue weighted by Gasteiger charge is 2.37. The predicted molar refractivity (Wildman–Crippen MR) is 98.4 cm³/mol. The number of likely N-dealkylation sites (tertiary alicyclic amines) is 1. The van der Waals surface area contributed by atoms with Crippen LogP contribution in [0.3, 0.4) is 0 Å². The van der Waals surface area contributed by atoms with Crippen molar-refractivity contribution in [3.05, 3.63) is 59.2 Å². The Bertz CT molecular complexity index is 887. The molecule has 0 aliphatic carbocycles. The first-order chi connectivity index (χ1) is 13.8. The first-order valence-corrected chi connectivity index (χ1v) is 9.25. The van der Waals surface area contributed by atoms with Gasteiger partial charge in [-0.25, -0.2) is 0 Å². The summed E-state index contributed by atoms with van der Waals surface area (Å²) in [6.45, 7) is 1.44. The Kier molecular flexibility index (Phi) is 6.14. The van der Waals surface area contributed by atoms with Gasteiger partial charge >= 0.3 is 6.18 Å². The summed E-state index contributed by atoms with van der Waals surface area (Å²) in [5, 5.41) is 2.37. The molecule has 2 amide bonds. The van der Waals surface area contributed by atoms with Gasteiger partial charge in [0.1, 0.15) is 0 Å². The third-order valence-corrected chi connectivity index (χ3v) is 4.81. The smallest absolute Gasteiger partial charge is 0.352 e. The normalized spacial score (nSPS) is 16.7. The van der Waals surface area contributed by atoms with Gasteiger partial charge in [0.05, 0.1) is 23.7 Å². The zero-order valence-electron chi connectivity index (χ0n) is 15.9. The van der Waals surface area contributed by atoms with Gasteiger partial charge in [-0.3, -0.25) is 19.6 Å². The van der Waals surface area contributed by atoms with Crippen molar-refractivity contribution in [1.29, 1.82) is 0 Å². The standard InChI is InChI=1S/C20H21F3N4O2/c1-13(28)25-11-14-12-26-17(10-16(14)20(21,22)23)18-6-4-8-27(18)19(29)9-15-5-2-3-7-24-15/h2-3,5,7,10,12,18H,4,6,8-9,11H2,1H3,(H,25,28). The van der Waals surface area contributed by atoms with Gasteiger partial charge in [-0.05, 0) is 31.0 Å². The molecule has 1 unspecified atom stereocenters. The number of hydrogen-bond acceptors (Lipinski definition) is 4. The molecule has 1 saturated heterocycles. The third kappa shape index (κ3) is 5.10. The molecule has 1 N–H and O–H groups in total. The van der Waals surface area contributed by atoms with Crippen LogP contribution in [0.25, 0.3) is 0 Å². The van der Waals surface area contributed by atoms with Crippen LogP contribution in [0.15, 0.2) is 36.7 Å². The van der Waals surface area contributed by atoms with E-state index in [1.807, 2.05) is 0 Å². The molecule has 2 aromatic rings. The van der Waals surface area contributed by atoms with Crippen LogP contribution in [-0.4, -0.2) is 33.2 Å². The van der Waals surface area contributed by atoms with E-state index in [0.717, 1.165) is 12.3 Å².